The van der Waals surface area contributed by atoms with E-state index in [-0.39, 0.29) is 17.9 Å². The van der Waals surface area contributed by atoms with Crippen LogP contribution in [0, 0.1) is 12.8 Å². The standard InChI is InChI=1S/C30H42N6O3S.C2H6/c1-5-9-21(2)33-29(38-4)27(23-12-14-36(15-13-23)16-17-37)40-25-18-26(39-24-10-7-6-8-11-24)28(31-20-25)35-30-32-19-22(3)34-30;1-2/h6-8,10-11,18-21,23,27,37H,5,9,12-17H2,1-4H3,(H2,31,32,34,35);1-2H3. The monoisotopic (exact) mass is 596 g/mol. The van der Waals surface area contributed by atoms with E-state index in [0.29, 0.717) is 23.4 Å². The van der Waals surface area contributed by atoms with Gasteiger partial charge in [0.1, 0.15) is 5.75 Å². The van der Waals surface area contributed by atoms with E-state index in [0.717, 1.165) is 67.6 Å². The number of hydrogen-bond donors (Lipinski definition) is 3. The molecule has 3 heterocycles. The molecule has 1 aliphatic rings. The van der Waals surface area contributed by atoms with Gasteiger partial charge in [-0.05, 0) is 70.3 Å². The third-order valence-electron chi connectivity index (χ3n) is 6.98. The second kappa shape index (κ2) is 17.8. The molecule has 4 rings (SSSR count). The highest BCUT2D eigenvalue weighted by atomic mass is 32.2. The van der Waals surface area contributed by atoms with Crippen LogP contribution in [0.3, 0.4) is 0 Å². The Bertz CT molecular complexity index is 1210. The van der Waals surface area contributed by atoms with E-state index < -0.39 is 0 Å². The van der Waals surface area contributed by atoms with E-state index in [1.165, 1.54) is 0 Å². The molecular formula is C32H48N6O3S. The first kappa shape index (κ1) is 33.4. The van der Waals surface area contributed by atoms with Crippen molar-refractivity contribution in [2.45, 2.75) is 76.5 Å². The smallest absolute Gasteiger partial charge is 0.206 e. The zero-order valence-electron chi connectivity index (χ0n) is 26.0. The second-order valence-electron chi connectivity index (χ2n) is 10.2. The topological polar surface area (TPSA) is 108 Å². The number of aliphatic hydroxyl groups is 1. The summed E-state index contributed by atoms with van der Waals surface area (Å²) in [6.07, 6.45) is 7.76. The van der Waals surface area contributed by atoms with Crippen molar-refractivity contribution < 1.29 is 14.6 Å². The Balaban J connectivity index is 0.00000237. The molecule has 3 aromatic rings. The van der Waals surface area contributed by atoms with Gasteiger partial charge < -0.3 is 29.8 Å². The Kier molecular flexibility index (Phi) is 14.1. The molecule has 1 aromatic carbocycles. The Morgan fingerprint density at radius 1 is 1.19 bits per heavy atom. The van der Waals surface area contributed by atoms with Crippen LogP contribution in [0.25, 0.3) is 0 Å². The number of para-hydroxylation sites is 1. The number of hydrogen-bond acceptors (Lipinski definition) is 9. The molecule has 0 amide bonds. The van der Waals surface area contributed by atoms with Crippen molar-refractivity contribution in [3.05, 3.63) is 54.5 Å². The molecule has 230 valence electrons. The van der Waals surface area contributed by atoms with Crippen molar-refractivity contribution in [3.63, 3.8) is 0 Å². The maximum Gasteiger partial charge on any atom is 0.206 e. The molecule has 2 unspecified atom stereocenters. The van der Waals surface area contributed by atoms with Gasteiger partial charge in [-0.25, -0.2) is 9.97 Å². The van der Waals surface area contributed by atoms with E-state index >= 15 is 0 Å². The fourth-order valence-corrected chi connectivity index (χ4v) is 6.23. The number of thioether (sulfide) groups is 1. The quantitative estimate of drug-likeness (QED) is 0.109. The largest absolute Gasteiger partial charge is 0.483 e. The summed E-state index contributed by atoms with van der Waals surface area (Å²) in [6, 6.07) is 11.9. The van der Waals surface area contributed by atoms with Crippen LogP contribution in [0.5, 0.6) is 11.5 Å². The highest BCUT2D eigenvalue weighted by molar-refractivity contribution is 8.00. The number of piperidine rings is 1. The summed E-state index contributed by atoms with van der Waals surface area (Å²) in [4.78, 5) is 20.6. The van der Waals surface area contributed by atoms with Crippen LogP contribution in [-0.4, -0.2) is 75.5 Å². The summed E-state index contributed by atoms with van der Waals surface area (Å²) in [7, 11) is 1.73. The minimum atomic E-state index is 0.0403. The normalized spacial score (nSPS) is 15.8. The molecule has 10 heteroatoms. The molecule has 0 saturated carbocycles. The third kappa shape index (κ3) is 10.0. The van der Waals surface area contributed by atoms with Crippen LogP contribution in [-0.2, 0) is 4.74 Å². The molecule has 0 radical (unpaired) electrons. The van der Waals surface area contributed by atoms with Gasteiger partial charge in [-0.15, -0.1) is 11.8 Å². The van der Waals surface area contributed by atoms with Gasteiger partial charge in [-0.2, -0.15) is 0 Å². The molecule has 3 N–H and O–H groups in total. The minimum absolute atomic E-state index is 0.0403. The highest BCUT2D eigenvalue weighted by Gasteiger charge is 2.32. The number of aromatic amines is 1. The number of benzene rings is 1. The number of nitrogens with zero attached hydrogens (tertiary/aromatic N) is 4. The first-order chi connectivity index (χ1) is 20.5. The highest BCUT2D eigenvalue weighted by Crippen LogP contribution is 2.39. The van der Waals surface area contributed by atoms with E-state index in [1.807, 2.05) is 63.4 Å². The van der Waals surface area contributed by atoms with Crippen LogP contribution >= 0.6 is 11.8 Å². The SMILES string of the molecule is CC.CCCC(C)N=C(OC)C(Sc1cnc(Nc2ncc(C)[nH]2)c(Oc2ccccc2)c1)C1CCN(CCO)CC1. The van der Waals surface area contributed by atoms with Crippen molar-refractivity contribution >= 4 is 29.4 Å². The molecule has 1 aliphatic heterocycles. The van der Waals surface area contributed by atoms with Crippen molar-refractivity contribution in [2.75, 3.05) is 38.7 Å². The fraction of sp³-hybridized carbons (Fsp3) is 0.531. The van der Waals surface area contributed by atoms with Crippen molar-refractivity contribution in [3.8, 4) is 11.5 Å². The third-order valence-corrected chi connectivity index (χ3v) is 8.32. The summed E-state index contributed by atoms with van der Waals surface area (Å²) in [5.41, 5.74) is 0.955. The molecular weight excluding hydrogens is 548 g/mol. The predicted molar refractivity (Wildman–Crippen MR) is 173 cm³/mol. The summed E-state index contributed by atoms with van der Waals surface area (Å²) in [5, 5.41) is 12.7. The lowest BCUT2D eigenvalue weighted by molar-refractivity contribution is 0.149. The van der Waals surface area contributed by atoms with Crippen LogP contribution in [0.15, 0.2) is 58.7 Å². The van der Waals surface area contributed by atoms with Gasteiger partial charge in [-0.1, -0.05) is 45.4 Å². The second-order valence-corrected chi connectivity index (χ2v) is 11.4. The Labute approximate surface area is 255 Å². The molecule has 0 spiro atoms. The number of H-pyrrole nitrogens is 1. The molecule has 1 fully saturated rings. The van der Waals surface area contributed by atoms with Crippen molar-refractivity contribution in [2.24, 2.45) is 10.9 Å². The number of anilines is 2. The predicted octanol–water partition coefficient (Wildman–Crippen LogP) is 7.07. The maximum absolute atomic E-state index is 9.40. The molecule has 0 aliphatic carbocycles. The van der Waals surface area contributed by atoms with Crippen LogP contribution in [0.4, 0.5) is 11.8 Å². The van der Waals surface area contributed by atoms with Gasteiger partial charge in [0.25, 0.3) is 0 Å². The van der Waals surface area contributed by atoms with Crippen LogP contribution in [0.1, 0.15) is 59.1 Å². The number of rotatable bonds is 13. The number of imidazole rings is 1. The molecule has 42 heavy (non-hydrogen) atoms. The van der Waals surface area contributed by atoms with Gasteiger partial charge in [0.05, 0.1) is 25.0 Å². The summed E-state index contributed by atoms with van der Waals surface area (Å²) >= 11 is 1.73. The number of aliphatic imine (C=N–C) groups is 1. The van der Waals surface area contributed by atoms with Gasteiger partial charge in [-0.3, -0.25) is 4.99 Å². The van der Waals surface area contributed by atoms with Gasteiger partial charge in [0.2, 0.25) is 5.95 Å². The first-order valence-electron chi connectivity index (χ1n) is 15.1. The average Bonchev–Trinajstić information content (AvgIpc) is 3.42. The lowest BCUT2D eigenvalue weighted by Crippen LogP contribution is -2.41. The summed E-state index contributed by atoms with van der Waals surface area (Å²) in [6.45, 7) is 13.1. The molecule has 1 saturated heterocycles. The zero-order chi connectivity index (χ0) is 30.3. The number of methoxy groups -OCH3 is 1. The minimum Gasteiger partial charge on any atom is -0.483 e. The number of nitrogens with one attached hydrogen (secondary N) is 2. The van der Waals surface area contributed by atoms with E-state index in [2.05, 4.69) is 34.0 Å². The van der Waals surface area contributed by atoms with E-state index in [4.69, 9.17) is 19.5 Å². The van der Waals surface area contributed by atoms with E-state index in [9.17, 15) is 5.11 Å². The fourth-order valence-electron chi connectivity index (χ4n) is 4.92. The average molecular weight is 597 g/mol. The Morgan fingerprint density at radius 3 is 2.55 bits per heavy atom. The summed E-state index contributed by atoms with van der Waals surface area (Å²) < 4.78 is 12.3. The number of aryl methyl sites for hydroxylation is 1. The Hall–Kier alpha value is -3.08. The molecule has 9 nitrogen and oxygen atoms in total. The van der Waals surface area contributed by atoms with Crippen LogP contribution < -0.4 is 10.1 Å². The van der Waals surface area contributed by atoms with Crippen molar-refractivity contribution in [1.82, 2.24) is 19.9 Å². The lowest BCUT2D eigenvalue weighted by atomic mass is 9.93. The molecule has 2 aromatic heterocycles. The van der Waals surface area contributed by atoms with Gasteiger partial charge in [0, 0.05) is 29.5 Å². The summed E-state index contributed by atoms with van der Waals surface area (Å²) in [5.74, 6) is 3.69. The molecule has 2 atom stereocenters. The number of β-amino-alcohol motifs (C(OH)–C–C–N with tert-alkyl or cyclic N) is 1. The number of pyridine rings is 1. The maximum atomic E-state index is 9.40. The van der Waals surface area contributed by atoms with Gasteiger partial charge >= 0.3 is 0 Å². The number of aliphatic hydroxyl groups excluding tert-OH is 1. The number of likely N-dealkylation sites (tertiary alicyclic amines) is 1. The van der Waals surface area contributed by atoms with E-state index in [1.54, 1.807) is 25.1 Å². The van der Waals surface area contributed by atoms with Crippen LogP contribution in [0.2, 0.25) is 0 Å². The first-order valence-corrected chi connectivity index (χ1v) is 16.0. The lowest BCUT2D eigenvalue weighted by Gasteiger charge is -2.35. The Morgan fingerprint density at radius 2 is 1.93 bits per heavy atom. The number of aromatic nitrogens is 3. The van der Waals surface area contributed by atoms with Gasteiger partial charge in [0.15, 0.2) is 17.5 Å². The number of ether oxygens (including phenoxy) is 2. The molecule has 0 bridgehead atoms. The zero-order valence-corrected chi connectivity index (χ0v) is 26.8. The van der Waals surface area contributed by atoms with Crippen molar-refractivity contribution in [1.29, 1.82) is 0 Å².